The number of hydrogen-bond acceptors (Lipinski definition) is 7. The summed E-state index contributed by atoms with van der Waals surface area (Å²) < 4.78 is 10.8. The molecule has 4 rings (SSSR count). The lowest BCUT2D eigenvalue weighted by molar-refractivity contribution is 0.120. The lowest BCUT2D eigenvalue weighted by Crippen LogP contribution is -2.19. The van der Waals surface area contributed by atoms with E-state index in [1.807, 2.05) is 24.3 Å². The normalized spacial score (nSPS) is 16.9. The fourth-order valence-electron chi connectivity index (χ4n) is 2.83. The first-order valence-corrected chi connectivity index (χ1v) is 8.29. The minimum atomic E-state index is 0.221. The second kappa shape index (κ2) is 6.94. The lowest BCUT2D eigenvalue weighted by Gasteiger charge is -2.12. The summed E-state index contributed by atoms with van der Waals surface area (Å²) in [4.78, 5) is 9.06. The van der Waals surface area contributed by atoms with E-state index in [0.29, 0.717) is 24.0 Å². The van der Waals surface area contributed by atoms with E-state index >= 15 is 0 Å². The molecule has 8 nitrogen and oxygen atoms in total. The number of benzene rings is 1. The Labute approximate surface area is 145 Å². The number of methoxy groups -OCH3 is 1. The molecule has 0 amide bonds. The van der Waals surface area contributed by atoms with Gasteiger partial charge in [0.15, 0.2) is 5.65 Å². The molecule has 1 fully saturated rings. The summed E-state index contributed by atoms with van der Waals surface area (Å²) in [5.74, 6) is 2.04. The third kappa shape index (κ3) is 3.48. The van der Waals surface area contributed by atoms with Gasteiger partial charge in [0.25, 0.3) is 0 Å². The van der Waals surface area contributed by atoms with Crippen LogP contribution >= 0.6 is 0 Å². The van der Waals surface area contributed by atoms with Gasteiger partial charge in [0.2, 0.25) is 5.95 Å². The van der Waals surface area contributed by atoms with Crippen LogP contribution in [0, 0.1) is 0 Å². The van der Waals surface area contributed by atoms with Crippen molar-refractivity contribution >= 4 is 28.5 Å². The van der Waals surface area contributed by atoms with E-state index in [4.69, 9.17) is 9.47 Å². The van der Waals surface area contributed by atoms with Crippen molar-refractivity contribution in [3.05, 3.63) is 30.5 Å². The molecule has 8 heteroatoms. The van der Waals surface area contributed by atoms with Crippen molar-refractivity contribution in [3.63, 3.8) is 0 Å². The Morgan fingerprint density at radius 2 is 2.16 bits per heavy atom. The van der Waals surface area contributed by atoms with Crippen LogP contribution in [-0.4, -0.2) is 46.5 Å². The van der Waals surface area contributed by atoms with Gasteiger partial charge in [-0.2, -0.15) is 15.1 Å². The number of nitrogens with one attached hydrogen (secondary N) is 3. The molecule has 25 heavy (non-hydrogen) atoms. The fraction of sp³-hybridized carbons (Fsp3) is 0.353. The maximum atomic E-state index is 5.63. The number of H-pyrrole nitrogens is 1. The first-order chi connectivity index (χ1) is 12.3. The van der Waals surface area contributed by atoms with Gasteiger partial charge in [-0.15, -0.1) is 0 Å². The Morgan fingerprint density at radius 3 is 2.92 bits per heavy atom. The summed E-state index contributed by atoms with van der Waals surface area (Å²) in [6.45, 7) is 1.53. The van der Waals surface area contributed by atoms with E-state index in [1.54, 1.807) is 13.3 Å². The standard InChI is InChI=1S/C17H20N6O2/c1-24-12-6-4-11(5-7-12)20-15-14-10-19-23-16(14)22-17(21-15)18-9-13-3-2-8-25-13/h4-7,10,13H,2-3,8-9H2,1H3,(H3,18,19,20,21,22,23). The maximum absolute atomic E-state index is 5.63. The fourth-order valence-corrected chi connectivity index (χ4v) is 2.83. The number of aromatic nitrogens is 4. The van der Waals surface area contributed by atoms with E-state index < -0.39 is 0 Å². The Bertz CT molecular complexity index is 842. The monoisotopic (exact) mass is 340 g/mol. The summed E-state index contributed by atoms with van der Waals surface area (Å²) in [7, 11) is 1.65. The highest BCUT2D eigenvalue weighted by atomic mass is 16.5. The molecule has 3 N–H and O–H groups in total. The van der Waals surface area contributed by atoms with Gasteiger partial charge < -0.3 is 20.1 Å². The van der Waals surface area contributed by atoms with Crippen LogP contribution in [0.3, 0.4) is 0 Å². The molecule has 1 saturated heterocycles. The third-order valence-electron chi connectivity index (χ3n) is 4.17. The van der Waals surface area contributed by atoms with Crippen molar-refractivity contribution in [2.24, 2.45) is 0 Å². The molecule has 2 aromatic heterocycles. The number of fused-ring (bicyclic) bond motifs is 1. The van der Waals surface area contributed by atoms with Crippen LogP contribution in [0.1, 0.15) is 12.8 Å². The second-order valence-electron chi connectivity index (χ2n) is 5.90. The van der Waals surface area contributed by atoms with Crippen molar-refractivity contribution in [2.45, 2.75) is 18.9 Å². The van der Waals surface area contributed by atoms with Crippen molar-refractivity contribution in [1.29, 1.82) is 0 Å². The van der Waals surface area contributed by atoms with E-state index in [1.165, 1.54) is 0 Å². The summed E-state index contributed by atoms with van der Waals surface area (Å²) >= 11 is 0. The van der Waals surface area contributed by atoms with E-state index in [2.05, 4.69) is 30.8 Å². The highest BCUT2D eigenvalue weighted by molar-refractivity contribution is 5.89. The second-order valence-corrected chi connectivity index (χ2v) is 5.90. The zero-order chi connectivity index (χ0) is 17.1. The van der Waals surface area contributed by atoms with Gasteiger partial charge in [-0.25, -0.2) is 0 Å². The zero-order valence-electron chi connectivity index (χ0n) is 14.0. The first-order valence-electron chi connectivity index (χ1n) is 8.29. The maximum Gasteiger partial charge on any atom is 0.226 e. The van der Waals surface area contributed by atoms with Crippen LogP contribution in [-0.2, 0) is 4.74 Å². The molecular formula is C17H20N6O2. The average molecular weight is 340 g/mol. The number of anilines is 3. The molecule has 0 saturated carbocycles. The minimum absolute atomic E-state index is 0.221. The Morgan fingerprint density at radius 1 is 1.28 bits per heavy atom. The predicted molar refractivity (Wildman–Crippen MR) is 95.4 cm³/mol. The van der Waals surface area contributed by atoms with E-state index in [9.17, 15) is 0 Å². The van der Waals surface area contributed by atoms with Crippen LogP contribution in [0.25, 0.3) is 11.0 Å². The molecule has 3 aromatic rings. The topological polar surface area (TPSA) is 97.0 Å². The number of nitrogens with zero attached hydrogens (tertiary/aromatic N) is 3. The van der Waals surface area contributed by atoms with E-state index in [0.717, 1.165) is 36.3 Å². The number of ether oxygens (including phenoxy) is 2. The highest BCUT2D eigenvalue weighted by Crippen LogP contribution is 2.25. The summed E-state index contributed by atoms with van der Waals surface area (Å²) in [5.41, 5.74) is 1.59. The van der Waals surface area contributed by atoms with Gasteiger partial charge in [-0.3, -0.25) is 5.10 Å². The summed E-state index contributed by atoms with van der Waals surface area (Å²) in [6, 6.07) is 7.66. The molecular weight excluding hydrogens is 320 g/mol. The SMILES string of the molecule is COc1ccc(Nc2nc(NCC3CCCO3)nc3[nH]ncc23)cc1. The smallest absolute Gasteiger partial charge is 0.226 e. The Balaban J connectivity index is 1.56. The largest absolute Gasteiger partial charge is 0.497 e. The molecule has 1 aliphatic heterocycles. The molecule has 0 radical (unpaired) electrons. The van der Waals surface area contributed by atoms with Crippen LogP contribution in [0.15, 0.2) is 30.5 Å². The zero-order valence-corrected chi connectivity index (χ0v) is 14.0. The molecule has 1 aromatic carbocycles. The van der Waals surface area contributed by atoms with Crippen molar-refractivity contribution in [2.75, 3.05) is 30.9 Å². The molecule has 1 aliphatic rings. The summed E-state index contributed by atoms with van der Waals surface area (Å²) in [6.07, 6.45) is 4.11. The Kier molecular flexibility index (Phi) is 4.34. The van der Waals surface area contributed by atoms with Crippen molar-refractivity contribution in [1.82, 2.24) is 20.2 Å². The summed E-state index contributed by atoms with van der Waals surface area (Å²) in [5, 5.41) is 14.4. The predicted octanol–water partition coefficient (Wildman–Crippen LogP) is 2.70. The van der Waals surface area contributed by atoms with Crippen LogP contribution in [0.2, 0.25) is 0 Å². The third-order valence-corrected chi connectivity index (χ3v) is 4.17. The van der Waals surface area contributed by atoms with Gasteiger partial charge in [0.05, 0.1) is 24.8 Å². The van der Waals surface area contributed by atoms with Gasteiger partial charge in [-0.05, 0) is 37.1 Å². The Hall–Kier alpha value is -2.87. The lowest BCUT2D eigenvalue weighted by atomic mass is 10.2. The van der Waals surface area contributed by atoms with E-state index in [-0.39, 0.29) is 6.10 Å². The van der Waals surface area contributed by atoms with Gasteiger partial charge in [-0.1, -0.05) is 0 Å². The van der Waals surface area contributed by atoms with Gasteiger partial charge in [0, 0.05) is 18.8 Å². The number of rotatable bonds is 6. The number of hydrogen-bond donors (Lipinski definition) is 3. The molecule has 130 valence electrons. The molecule has 0 bridgehead atoms. The average Bonchev–Trinajstić information content (AvgIpc) is 3.32. The molecule has 0 aliphatic carbocycles. The van der Waals surface area contributed by atoms with Gasteiger partial charge >= 0.3 is 0 Å². The van der Waals surface area contributed by atoms with Crippen molar-refractivity contribution < 1.29 is 9.47 Å². The number of aromatic amines is 1. The molecule has 3 heterocycles. The highest BCUT2D eigenvalue weighted by Gasteiger charge is 2.16. The first kappa shape index (κ1) is 15.6. The van der Waals surface area contributed by atoms with Crippen LogP contribution < -0.4 is 15.4 Å². The molecule has 1 unspecified atom stereocenters. The van der Waals surface area contributed by atoms with Crippen molar-refractivity contribution in [3.8, 4) is 5.75 Å². The van der Waals surface area contributed by atoms with Gasteiger partial charge in [0.1, 0.15) is 11.6 Å². The van der Waals surface area contributed by atoms with Crippen LogP contribution in [0.4, 0.5) is 17.5 Å². The molecule has 1 atom stereocenters. The van der Waals surface area contributed by atoms with Crippen LogP contribution in [0.5, 0.6) is 5.75 Å². The molecule has 0 spiro atoms. The quantitative estimate of drug-likeness (QED) is 0.635. The minimum Gasteiger partial charge on any atom is -0.497 e.